The van der Waals surface area contributed by atoms with Crippen LogP contribution in [0.5, 0.6) is 0 Å². The van der Waals surface area contributed by atoms with Crippen molar-refractivity contribution in [2.75, 3.05) is 12.0 Å². The molecule has 1 aliphatic rings. The van der Waals surface area contributed by atoms with Crippen molar-refractivity contribution < 1.29 is 0 Å². The summed E-state index contributed by atoms with van der Waals surface area (Å²) in [4.78, 5) is 0. The molecule has 0 bridgehead atoms. The maximum absolute atomic E-state index is 2.32. The van der Waals surface area contributed by atoms with Crippen molar-refractivity contribution in [2.45, 2.75) is 120 Å². The molecule has 1 aromatic rings. The molecule has 1 heteroatoms. The molecule has 0 radical (unpaired) electrons. The Morgan fingerprint density at radius 1 is 0.833 bits per heavy atom. The zero-order chi connectivity index (χ0) is 23.6. The van der Waals surface area contributed by atoms with Gasteiger partial charge in [0, 0.05) is 0 Å². The molecule has 0 unspecified atom stereocenters. The highest BCUT2D eigenvalue weighted by Crippen LogP contribution is 2.25. The third kappa shape index (κ3) is 35.0. The summed E-state index contributed by atoms with van der Waals surface area (Å²) in [6.07, 6.45) is 14.8. The van der Waals surface area contributed by atoms with Crippen molar-refractivity contribution in [1.82, 2.24) is 0 Å². The van der Waals surface area contributed by atoms with Gasteiger partial charge >= 0.3 is 0 Å². The SMILES string of the molecule is CC(C)C.CCC(C)C.CCC1CCCCC1.CCCSC.CCc1ccccc1. The second kappa shape index (κ2) is 28.6. The van der Waals surface area contributed by atoms with Crippen LogP contribution in [-0.4, -0.2) is 12.0 Å². The maximum Gasteiger partial charge on any atom is -0.00729 e. The van der Waals surface area contributed by atoms with Crippen molar-refractivity contribution in [3.8, 4) is 0 Å². The first-order chi connectivity index (χ1) is 14.3. The molecule has 1 fully saturated rings. The summed E-state index contributed by atoms with van der Waals surface area (Å²) in [5.74, 6) is 4.11. The third-order valence-electron chi connectivity index (χ3n) is 4.78. The van der Waals surface area contributed by atoms with Crippen molar-refractivity contribution in [3.05, 3.63) is 35.9 Å². The minimum atomic E-state index is 0.833. The van der Waals surface area contributed by atoms with Gasteiger partial charge in [-0.3, -0.25) is 0 Å². The van der Waals surface area contributed by atoms with Crippen LogP contribution in [0, 0.1) is 17.8 Å². The monoisotopic (exact) mass is 438 g/mol. The second-order valence-corrected chi connectivity index (χ2v) is 10.3. The Morgan fingerprint density at radius 3 is 1.50 bits per heavy atom. The molecule has 0 aliphatic heterocycles. The van der Waals surface area contributed by atoms with E-state index in [0.29, 0.717) is 0 Å². The summed E-state index contributed by atoms with van der Waals surface area (Å²) in [6.45, 7) is 19.8. The molecule has 0 saturated heterocycles. The van der Waals surface area contributed by atoms with E-state index in [1.165, 1.54) is 62.7 Å². The highest BCUT2D eigenvalue weighted by atomic mass is 32.2. The lowest BCUT2D eigenvalue weighted by Gasteiger charge is -2.18. The summed E-state index contributed by atoms with van der Waals surface area (Å²) < 4.78 is 0. The molecule has 0 heterocycles. The Balaban J connectivity index is -0.000000314. The van der Waals surface area contributed by atoms with Gasteiger partial charge in [-0.05, 0) is 48.2 Å². The first-order valence-corrected chi connectivity index (χ1v) is 14.2. The van der Waals surface area contributed by atoms with Crippen LogP contribution in [0.4, 0.5) is 0 Å². The Kier molecular flexibility index (Phi) is 32.6. The number of aryl methyl sites for hydroxylation is 1. The summed E-state index contributed by atoms with van der Waals surface area (Å²) in [5, 5.41) is 0. The van der Waals surface area contributed by atoms with E-state index in [2.05, 4.69) is 92.8 Å². The first-order valence-electron chi connectivity index (χ1n) is 12.8. The average molecular weight is 439 g/mol. The van der Waals surface area contributed by atoms with E-state index < -0.39 is 0 Å². The highest BCUT2D eigenvalue weighted by molar-refractivity contribution is 7.98. The molecule has 0 atom stereocenters. The summed E-state index contributed by atoms with van der Waals surface area (Å²) in [7, 11) is 0. The quantitative estimate of drug-likeness (QED) is 0.440. The van der Waals surface area contributed by atoms with Crippen molar-refractivity contribution in [3.63, 3.8) is 0 Å². The second-order valence-electron chi connectivity index (χ2n) is 9.28. The van der Waals surface area contributed by atoms with Gasteiger partial charge in [-0.1, -0.05) is 138 Å². The molecular formula is C29H58S. The van der Waals surface area contributed by atoms with Crippen LogP contribution in [0.15, 0.2) is 30.3 Å². The molecule has 0 N–H and O–H groups in total. The van der Waals surface area contributed by atoms with Gasteiger partial charge < -0.3 is 0 Å². The van der Waals surface area contributed by atoms with Crippen LogP contribution < -0.4 is 0 Å². The van der Waals surface area contributed by atoms with Gasteiger partial charge in [0.15, 0.2) is 0 Å². The predicted octanol–water partition coefficient (Wildman–Crippen LogP) is 10.7. The normalized spacial score (nSPS) is 12.9. The Morgan fingerprint density at radius 2 is 1.30 bits per heavy atom. The molecule has 1 aromatic carbocycles. The van der Waals surface area contributed by atoms with Crippen LogP contribution in [-0.2, 0) is 6.42 Å². The van der Waals surface area contributed by atoms with Gasteiger partial charge in [0.25, 0.3) is 0 Å². The average Bonchev–Trinajstić information content (AvgIpc) is 2.76. The number of thioether (sulfide) groups is 1. The van der Waals surface area contributed by atoms with E-state index in [1.54, 1.807) is 0 Å². The maximum atomic E-state index is 2.32. The van der Waals surface area contributed by atoms with E-state index in [4.69, 9.17) is 0 Å². The first kappa shape index (κ1) is 34.2. The molecule has 0 spiro atoms. The Labute approximate surface area is 197 Å². The summed E-state index contributed by atoms with van der Waals surface area (Å²) >= 11 is 1.90. The fourth-order valence-corrected chi connectivity index (χ4v) is 2.92. The summed E-state index contributed by atoms with van der Waals surface area (Å²) in [5.41, 5.74) is 1.41. The van der Waals surface area contributed by atoms with Crippen LogP contribution >= 0.6 is 11.8 Å². The highest BCUT2D eigenvalue weighted by Gasteiger charge is 2.09. The van der Waals surface area contributed by atoms with Crippen molar-refractivity contribution in [1.29, 1.82) is 0 Å². The van der Waals surface area contributed by atoms with E-state index in [0.717, 1.165) is 24.2 Å². The van der Waals surface area contributed by atoms with Gasteiger partial charge in [-0.15, -0.1) is 0 Å². The van der Waals surface area contributed by atoms with Gasteiger partial charge in [-0.25, -0.2) is 0 Å². The van der Waals surface area contributed by atoms with Crippen LogP contribution in [0.3, 0.4) is 0 Å². The third-order valence-corrected chi connectivity index (χ3v) is 5.59. The molecule has 2 rings (SSSR count). The van der Waals surface area contributed by atoms with E-state index >= 15 is 0 Å². The fraction of sp³-hybridized carbons (Fsp3) is 0.793. The molecule has 0 nitrogen and oxygen atoms in total. The minimum absolute atomic E-state index is 0.833. The van der Waals surface area contributed by atoms with E-state index in [9.17, 15) is 0 Å². The summed E-state index contributed by atoms with van der Waals surface area (Å²) in [6, 6.07) is 10.5. The van der Waals surface area contributed by atoms with Crippen LogP contribution in [0.1, 0.15) is 119 Å². The van der Waals surface area contributed by atoms with Crippen molar-refractivity contribution >= 4 is 11.8 Å². The molecule has 0 aromatic heterocycles. The lowest BCUT2D eigenvalue weighted by Crippen LogP contribution is -2.03. The number of rotatable bonds is 5. The predicted molar refractivity (Wildman–Crippen MR) is 147 cm³/mol. The topological polar surface area (TPSA) is 0 Å². The Hall–Kier alpha value is -0.430. The largest absolute Gasteiger partial charge is 0.165 e. The minimum Gasteiger partial charge on any atom is -0.165 e. The molecule has 1 saturated carbocycles. The molecular weight excluding hydrogens is 380 g/mol. The zero-order valence-electron chi connectivity index (χ0n) is 22.6. The van der Waals surface area contributed by atoms with Gasteiger partial charge in [0.05, 0.1) is 0 Å². The number of benzene rings is 1. The molecule has 0 amide bonds. The molecule has 1 aliphatic carbocycles. The smallest absolute Gasteiger partial charge is 0.00729 e. The fourth-order valence-electron chi connectivity index (χ4n) is 2.51. The van der Waals surface area contributed by atoms with Crippen LogP contribution in [0.25, 0.3) is 0 Å². The molecule has 180 valence electrons. The van der Waals surface area contributed by atoms with Gasteiger partial charge in [0.1, 0.15) is 0 Å². The van der Waals surface area contributed by atoms with Gasteiger partial charge in [-0.2, -0.15) is 11.8 Å². The van der Waals surface area contributed by atoms with E-state index in [1.807, 2.05) is 17.8 Å². The lowest BCUT2D eigenvalue weighted by molar-refractivity contribution is 0.349. The van der Waals surface area contributed by atoms with Crippen LogP contribution in [0.2, 0.25) is 0 Å². The standard InChI is InChI=1S/C8H16.C8H10.C5H12.C4H10S.C4H10/c2*1-2-8-6-4-3-5-7-8;1-4-5(2)3;1-3-4-5-2;1-4(2)3/h8H,2-7H2,1H3;3-7H,2H2,1H3;5H,4H2,1-3H3;3-4H2,1-2H3;4H,1-3H3. The van der Waals surface area contributed by atoms with E-state index in [-0.39, 0.29) is 0 Å². The lowest BCUT2D eigenvalue weighted by atomic mass is 9.88. The molecule has 30 heavy (non-hydrogen) atoms. The zero-order valence-corrected chi connectivity index (χ0v) is 23.4. The van der Waals surface area contributed by atoms with Crippen molar-refractivity contribution in [2.24, 2.45) is 17.8 Å². The Bertz CT molecular complexity index is 372. The van der Waals surface area contributed by atoms with Gasteiger partial charge in [0.2, 0.25) is 0 Å². The number of hydrogen-bond donors (Lipinski definition) is 0. The number of hydrogen-bond acceptors (Lipinski definition) is 1.